The smallest absolute Gasteiger partial charge is 0.302 e. The number of aromatic hydroxyl groups is 1. The van der Waals surface area contributed by atoms with Crippen LogP contribution in [-0.2, 0) is 16.0 Å². The van der Waals surface area contributed by atoms with Gasteiger partial charge in [-0.25, -0.2) is 0 Å². The summed E-state index contributed by atoms with van der Waals surface area (Å²) in [6.45, 7) is 9.66. The fourth-order valence-electron chi connectivity index (χ4n) is 2.88. The number of fused-ring (bicyclic) bond motifs is 1. The molecule has 0 amide bonds. The second-order valence-corrected chi connectivity index (χ2v) is 6.17. The Morgan fingerprint density at radius 3 is 2.57 bits per heavy atom. The number of rotatable bonds is 3. The maximum absolute atomic E-state index is 10.9. The van der Waals surface area contributed by atoms with Crippen molar-refractivity contribution in [1.29, 1.82) is 0 Å². The van der Waals surface area contributed by atoms with Gasteiger partial charge in [0, 0.05) is 18.9 Å². The number of carbonyl (C=O) groups is 1. The highest BCUT2D eigenvalue weighted by atomic mass is 16.5. The molecule has 1 atom stereocenters. The standard InChI is InChI=1S/C17H24O4/c1-10-11(2)16-14(12(3)15(10)19)6-7-17(5,21-16)8-9-20-13(4)18/h19H,6-9H2,1-5H3/t17-/m0/s1. The molecule has 1 aromatic carbocycles. The zero-order valence-corrected chi connectivity index (χ0v) is 13.5. The van der Waals surface area contributed by atoms with Crippen LogP contribution in [0.4, 0.5) is 0 Å². The van der Waals surface area contributed by atoms with Gasteiger partial charge in [0.1, 0.15) is 17.1 Å². The van der Waals surface area contributed by atoms with Gasteiger partial charge in [-0.3, -0.25) is 4.79 Å². The van der Waals surface area contributed by atoms with E-state index < -0.39 is 0 Å². The number of carbonyl (C=O) groups excluding carboxylic acids is 1. The van der Waals surface area contributed by atoms with E-state index in [1.165, 1.54) is 6.92 Å². The van der Waals surface area contributed by atoms with E-state index in [9.17, 15) is 9.90 Å². The molecule has 21 heavy (non-hydrogen) atoms. The minimum atomic E-state index is -0.330. The first kappa shape index (κ1) is 15.7. The normalized spacial score (nSPS) is 20.6. The third kappa shape index (κ3) is 2.99. The first-order chi connectivity index (χ1) is 9.75. The molecule has 1 aliphatic heterocycles. The minimum absolute atomic E-state index is 0.261. The van der Waals surface area contributed by atoms with Crippen LogP contribution in [0.2, 0.25) is 0 Å². The second-order valence-electron chi connectivity index (χ2n) is 6.17. The van der Waals surface area contributed by atoms with Gasteiger partial charge >= 0.3 is 5.97 Å². The highest BCUT2D eigenvalue weighted by molar-refractivity contribution is 5.65. The van der Waals surface area contributed by atoms with Crippen molar-refractivity contribution in [2.24, 2.45) is 0 Å². The highest BCUT2D eigenvalue weighted by Crippen LogP contribution is 2.43. The van der Waals surface area contributed by atoms with Crippen molar-refractivity contribution >= 4 is 5.97 Å². The van der Waals surface area contributed by atoms with Gasteiger partial charge in [0.25, 0.3) is 0 Å². The zero-order valence-electron chi connectivity index (χ0n) is 13.5. The summed E-state index contributed by atoms with van der Waals surface area (Å²) in [5.41, 5.74) is 3.54. The molecule has 0 saturated carbocycles. The van der Waals surface area contributed by atoms with Gasteiger partial charge < -0.3 is 14.6 Å². The monoisotopic (exact) mass is 292 g/mol. The van der Waals surface area contributed by atoms with E-state index in [-0.39, 0.29) is 11.6 Å². The summed E-state index contributed by atoms with van der Waals surface area (Å²) in [4.78, 5) is 10.9. The summed E-state index contributed by atoms with van der Waals surface area (Å²) >= 11 is 0. The Balaban J connectivity index is 2.25. The predicted octanol–water partition coefficient (Wildman–Crippen LogP) is 3.35. The summed E-state index contributed by atoms with van der Waals surface area (Å²) in [6.07, 6.45) is 2.39. The van der Waals surface area contributed by atoms with E-state index in [1.54, 1.807) is 0 Å². The summed E-state index contributed by atoms with van der Waals surface area (Å²) in [5.74, 6) is 1.00. The van der Waals surface area contributed by atoms with Crippen molar-refractivity contribution in [3.8, 4) is 11.5 Å². The number of hydrogen-bond acceptors (Lipinski definition) is 4. The van der Waals surface area contributed by atoms with Crippen molar-refractivity contribution < 1.29 is 19.4 Å². The van der Waals surface area contributed by atoms with E-state index in [0.717, 1.165) is 40.8 Å². The minimum Gasteiger partial charge on any atom is -0.507 e. The fourth-order valence-corrected chi connectivity index (χ4v) is 2.88. The summed E-state index contributed by atoms with van der Waals surface area (Å²) in [6, 6.07) is 0. The van der Waals surface area contributed by atoms with Crippen molar-refractivity contribution in [2.75, 3.05) is 6.61 Å². The van der Waals surface area contributed by atoms with Gasteiger partial charge in [0.15, 0.2) is 0 Å². The number of hydrogen-bond donors (Lipinski definition) is 1. The molecule has 0 bridgehead atoms. The Kier molecular flexibility index (Phi) is 4.17. The van der Waals surface area contributed by atoms with E-state index in [2.05, 4.69) is 6.92 Å². The van der Waals surface area contributed by atoms with Gasteiger partial charge in [0.05, 0.1) is 6.61 Å². The molecule has 1 aliphatic rings. The van der Waals surface area contributed by atoms with Crippen molar-refractivity contribution in [3.05, 3.63) is 22.3 Å². The van der Waals surface area contributed by atoms with Crippen LogP contribution >= 0.6 is 0 Å². The molecule has 2 rings (SSSR count). The molecule has 0 fully saturated rings. The van der Waals surface area contributed by atoms with Crippen LogP contribution in [0, 0.1) is 20.8 Å². The number of phenolic OH excluding ortho intramolecular Hbond substituents is 1. The molecule has 1 aromatic rings. The van der Waals surface area contributed by atoms with E-state index >= 15 is 0 Å². The number of ether oxygens (including phenoxy) is 2. The predicted molar refractivity (Wildman–Crippen MR) is 80.9 cm³/mol. The van der Waals surface area contributed by atoms with Crippen LogP contribution in [0.5, 0.6) is 11.5 Å². The van der Waals surface area contributed by atoms with Crippen molar-refractivity contribution in [3.63, 3.8) is 0 Å². The first-order valence-corrected chi connectivity index (χ1v) is 7.39. The van der Waals surface area contributed by atoms with Gasteiger partial charge in [-0.05, 0) is 57.2 Å². The second kappa shape index (κ2) is 5.58. The zero-order chi connectivity index (χ0) is 15.8. The van der Waals surface area contributed by atoms with Gasteiger partial charge in [0.2, 0.25) is 0 Å². The maximum Gasteiger partial charge on any atom is 0.302 e. The van der Waals surface area contributed by atoms with Gasteiger partial charge in [-0.1, -0.05) is 0 Å². The quantitative estimate of drug-likeness (QED) is 0.868. The Hall–Kier alpha value is -1.71. The van der Waals surface area contributed by atoms with Crippen LogP contribution in [0.1, 0.15) is 48.9 Å². The van der Waals surface area contributed by atoms with Crippen LogP contribution in [0.15, 0.2) is 0 Å². The average molecular weight is 292 g/mol. The van der Waals surface area contributed by atoms with E-state index in [0.29, 0.717) is 18.8 Å². The average Bonchev–Trinajstić information content (AvgIpc) is 2.42. The lowest BCUT2D eigenvalue weighted by molar-refractivity contribution is -0.142. The molecular weight excluding hydrogens is 268 g/mol. The Labute approximate surface area is 126 Å². The fraction of sp³-hybridized carbons (Fsp3) is 0.588. The molecule has 0 radical (unpaired) electrons. The molecule has 0 saturated heterocycles. The molecule has 1 heterocycles. The first-order valence-electron chi connectivity index (χ1n) is 7.39. The van der Waals surface area contributed by atoms with Gasteiger partial charge in [-0.2, -0.15) is 0 Å². The molecule has 116 valence electrons. The Bertz CT molecular complexity index is 577. The lowest BCUT2D eigenvalue weighted by Crippen LogP contribution is -2.38. The third-order valence-electron chi connectivity index (χ3n) is 4.53. The third-order valence-corrected chi connectivity index (χ3v) is 4.53. The Morgan fingerprint density at radius 2 is 1.95 bits per heavy atom. The molecule has 1 N–H and O–H groups in total. The summed E-state index contributed by atoms with van der Waals surface area (Å²) < 4.78 is 11.3. The van der Waals surface area contributed by atoms with Crippen LogP contribution < -0.4 is 4.74 Å². The highest BCUT2D eigenvalue weighted by Gasteiger charge is 2.34. The number of benzene rings is 1. The van der Waals surface area contributed by atoms with Crippen LogP contribution in [0.3, 0.4) is 0 Å². The Morgan fingerprint density at radius 1 is 1.29 bits per heavy atom. The van der Waals surface area contributed by atoms with Gasteiger partial charge in [-0.15, -0.1) is 0 Å². The number of phenols is 1. The molecule has 0 spiro atoms. The maximum atomic E-state index is 10.9. The molecule has 0 aliphatic carbocycles. The molecule has 4 heteroatoms. The van der Waals surface area contributed by atoms with Crippen LogP contribution in [-0.4, -0.2) is 23.3 Å². The topological polar surface area (TPSA) is 55.8 Å². The summed E-state index contributed by atoms with van der Waals surface area (Å²) in [7, 11) is 0. The lowest BCUT2D eigenvalue weighted by atomic mass is 9.86. The van der Waals surface area contributed by atoms with Crippen molar-refractivity contribution in [1.82, 2.24) is 0 Å². The summed E-state index contributed by atoms with van der Waals surface area (Å²) in [5, 5.41) is 10.2. The van der Waals surface area contributed by atoms with Crippen LogP contribution in [0.25, 0.3) is 0 Å². The molecule has 0 aromatic heterocycles. The van der Waals surface area contributed by atoms with Crippen molar-refractivity contribution in [2.45, 2.75) is 59.5 Å². The SMILES string of the molecule is CC(=O)OCC[C@]1(C)CCc2c(C)c(O)c(C)c(C)c2O1. The van der Waals surface area contributed by atoms with E-state index in [4.69, 9.17) is 9.47 Å². The molecule has 4 nitrogen and oxygen atoms in total. The molecule has 0 unspecified atom stereocenters. The molecular formula is C17H24O4. The van der Waals surface area contributed by atoms with E-state index in [1.807, 2.05) is 20.8 Å². The number of esters is 1. The largest absolute Gasteiger partial charge is 0.507 e. The lowest BCUT2D eigenvalue weighted by Gasteiger charge is -2.37.